The number of fused-ring (bicyclic) bond motifs is 2. The molecule has 1 aliphatic carbocycles. The van der Waals surface area contributed by atoms with E-state index in [-0.39, 0.29) is 11.8 Å². The number of hydrogen-bond donors (Lipinski definition) is 1. The number of hydrogen-bond acceptors (Lipinski definition) is 8. The predicted octanol–water partition coefficient (Wildman–Crippen LogP) is 1.65. The van der Waals surface area contributed by atoms with Gasteiger partial charge in [-0.25, -0.2) is 19.6 Å². The van der Waals surface area contributed by atoms with Crippen molar-refractivity contribution in [2.75, 3.05) is 23.3 Å². The van der Waals surface area contributed by atoms with Gasteiger partial charge in [-0.1, -0.05) is 5.21 Å². The highest BCUT2D eigenvalue weighted by atomic mass is 32.1. The maximum atomic E-state index is 12.6. The molecule has 1 saturated heterocycles. The van der Waals surface area contributed by atoms with E-state index < -0.39 is 0 Å². The van der Waals surface area contributed by atoms with Crippen LogP contribution in [0.25, 0.3) is 11.2 Å². The molecule has 1 N–H and O–H groups in total. The molecule has 0 saturated carbocycles. The first-order valence-electron chi connectivity index (χ1n) is 9.31. The van der Waals surface area contributed by atoms with Gasteiger partial charge in [0.15, 0.2) is 22.1 Å². The number of carbonyl (C=O) groups excluding carboxylic acids is 1. The van der Waals surface area contributed by atoms with Gasteiger partial charge in [0.25, 0.3) is 0 Å². The van der Waals surface area contributed by atoms with Gasteiger partial charge < -0.3 is 10.2 Å². The van der Waals surface area contributed by atoms with E-state index in [0.717, 1.165) is 29.4 Å². The molecule has 1 aliphatic heterocycles. The number of rotatable bonds is 4. The topological polar surface area (TPSA) is 102 Å². The van der Waals surface area contributed by atoms with Gasteiger partial charge in [-0.2, -0.15) is 0 Å². The zero-order valence-electron chi connectivity index (χ0n) is 15.1. The van der Waals surface area contributed by atoms with Crippen LogP contribution in [0, 0.1) is 5.92 Å². The lowest BCUT2D eigenvalue weighted by Crippen LogP contribution is -2.52. The Kier molecular flexibility index (Phi) is 4.00. The van der Waals surface area contributed by atoms with Gasteiger partial charge in [0.1, 0.15) is 6.33 Å². The number of nitrogens with one attached hydrogen (secondary N) is 1. The minimum atomic E-state index is -0.0721. The van der Waals surface area contributed by atoms with Crippen molar-refractivity contribution >= 4 is 39.4 Å². The van der Waals surface area contributed by atoms with Crippen LogP contribution in [0.3, 0.4) is 0 Å². The van der Waals surface area contributed by atoms with Crippen LogP contribution in [0.15, 0.2) is 6.33 Å². The van der Waals surface area contributed by atoms with Crippen LogP contribution < -0.4 is 10.2 Å². The summed E-state index contributed by atoms with van der Waals surface area (Å²) in [5.41, 5.74) is 2.58. The molecule has 27 heavy (non-hydrogen) atoms. The molecule has 0 spiro atoms. The van der Waals surface area contributed by atoms with Crippen LogP contribution in [-0.2, 0) is 24.2 Å². The smallest absolute Gasteiger partial charge is 0.232 e. The van der Waals surface area contributed by atoms with Crippen molar-refractivity contribution in [3.05, 3.63) is 16.9 Å². The fourth-order valence-electron chi connectivity index (χ4n) is 3.65. The Morgan fingerprint density at radius 1 is 1.30 bits per heavy atom. The van der Waals surface area contributed by atoms with E-state index in [2.05, 4.69) is 35.5 Å². The van der Waals surface area contributed by atoms with Crippen LogP contribution in [0.5, 0.6) is 0 Å². The number of thiazole rings is 1. The van der Waals surface area contributed by atoms with E-state index in [4.69, 9.17) is 0 Å². The Labute approximate surface area is 159 Å². The summed E-state index contributed by atoms with van der Waals surface area (Å²) in [6.07, 6.45) is 6.05. The lowest BCUT2D eigenvalue weighted by Gasteiger charge is -2.38. The number of aromatic nitrogens is 6. The van der Waals surface area contributed by atoms with Gasteiger partial charge in [-0.3, -0.25) is 4.79 Å². The van der Waals surface area contributed by atoms with Gasteiger partial charge >= 0.3 is 0 Å². The Bertz CT molecular complexity index is 982. The average Bonchev–Trinajstić information content (AvgIpc) is 3.23. The van der Waals surface area contributed by atoms with E-state index in [9.17, 15) is 4.79 Å². The summed E-state index contributed by atoms with van der Waals surface area (Å²) < 4.78 is 1.74. The molecule has 0 atom stereocenters. The molecule has 3 aromatic rings. The molecule has 4 heterocycles. The minimum absolute atomic E-state index is 0.0276. The molecule has 0 unspecified atom stereocenters. The van der Waals surface area contributed by atoms with Crippen molar-refractivity contribution in [2.24, 2.45) is 5.92 Å². The monoisotopic (exact) mass is 384 g/mol. The van der Waals surface area contributed by atoms with Crippen LogP contribution in [-0.4, -0.2) is 48.9 Å². The van der Waals surface area contributed by atoms with Crippen LogP contribution in [0.2, 0.25) is 0 Å². The summed E-state index contributed by atoms with van der Waals surface area (Å²) in [7, 11) is 0. The van der Waals surface area contributed by atoms with Gasteiger partial charge in [-0.15, -0.1) is 16.4 Å². The molecule has 2 aliphatic rings. The van der Waals surface area contributed by atoms with Crippen LogP contribution >= 0.6 is 11.3 Å². The number of nitrogens with zero attached hydrogens (tertiary/aromatic N) is 7. The molecule has 3 aromatic heterocycles. The molecular formula is C17H20N8OS. The van der Waals surface area contributed by atoms with Gasteiger partial charge in [0, 0.05) is 24.5 Å². The van der Waals surface area contributed by atoms with E-state index in [1.165, 1.54) is 29.7 Å². The number of aryl methyl sites for hydroxylation is 3. The normalized spacial score (nSPS) is 17.0. The van der Waals surface area contributed by atoms with Crippen molar-refractivity contribution < 1.29 is 4.79 Å². The Hall–Kier alpha value is -2.62. The van der Waals surface area contributed by atoms with E-state index in [1.54, 1.807) is 16.0 Å². The Morgan fingerprint density at radius 3 is 2.96 bits per heavy atom. The minimum Gasteiger partial charge on any atom is -0.353 e. The standard InChI is InChI=1S/C17H20N8OS/c1-2-25-15-13(22-23-25)14(18-9-19-15)24-7-10(8-24)16(26)21-17-20-11-5-3-4-6-12(11)27-17/h9-10H,2-8H2,1H3,(H,20,21,26). The summed E-state index contributed by atoms with van der Waals surface area (Å²) in [6.45, 7) is 3.93. The Balaban J connectivity index is 1.26. The number of carbonyl (C=O) groups is 1. The van der Waals surface area contributed by atoms with Gasteiger partial charge in [0.2, 0.25) is 5.91 Å². The summed E-state index contributed by atoms with van der Waals surface area (Å²) in [5.74, 6) is 0.700. The molecule has 10 heteroatoms. The third kappa shape index (κ3) is 2.84. The first-order valence-corrected chi connectivity index (χ1v) is 10.1. The van der Waals surface area contributed by atoms with E-state index in [1.807, 2.05) is 6.92 Å². The molecule has 5 rings (SSSR count). The Morgan fingerprint density at radius 2 is 2.15 bits per heavy atom. The summed E-state index contributed by atoms with van der Waals surface area (Å²) in [6, 6.07) is 0. The summed E-state index contributed by atoms with van der Waals surface area (Å²) in [5, 5.41) is 12.1. The number of amides is 1. The molecule has 0 aromatic carbocycles. The molecule has 1 fully saturated rings. The summed E-state index contributed by atoms with van der Waals surface area (Å²) in [4.78, 5) is 29.2. The third-order valence-electron chi connectivity index (χ3n) is 5.21. The van der Waals surface area contributed by atoms with Crippen molar-refractivity contribution in [2.45, 2.75) is 39.2 Å². The predicted molar refractivity (Wildman–Crippen MR) is 102 cm³/mol. The number of anilines is 2. The third-order valence-corrected chi connectivity index (χ3v) is 6.28. The molecule has 0 bridgehead atoms. The van der Waals surface area contributed by atoms with Gasteiger partial charge in [-0.05, 0) is 32.6 Å². The molecule has 140 valence electrons. The zero-order valence-corrected chi connectivity index (χ0v) is 15.9. The van der Waals surface area contributed by atoms with Crippen molar-refractivity contribution in [1.82, 2.24) is 29.9 Å². The fraction of sp³-hybridized carbons (Fsp3) is 0.529. The van der Waals surface area contributed by atoms with Crippen molar-refractivity contribution in [1.29, 1.82) is 0 Å². The highest BCUT2D eigenvalue weighted by molar-refractivity contribution is 7.15. The first kappa shape index (κ1) is 16.5. The largest absolute Gasteiger partial charge is 0.353 e. The van der Waals surface area contributed by atoms with E-state index >= 15 is 0 Å². The first-order chi connectivity index (χ1) is 13.2. The maximum Gasteiger partial charge on any atom is 0.232 e. The van der Waals surface area contributed by atoms with Crippen LogP contribution in [0.4, 0.5) is 10.9 Å². The average molecular weight is 384 g/mol. The molecular weight excluding hydrogens is 364 g/mol. The highest BCUT2D eigenvalue weighted by Crippen LogP contribution is 2.31. The molecule has 9 nitrogen and oxygen atoms in total. The molecule has 1 amide bonds. The lowest BCUT2D eigenvalue weighted by atomic mass is 9.99. The second-order valence-corrected chi connectivity index (χ2v) is 8.05. The molecule has 0 radical (unpaired) electrons. The lowest BCUT2D eigenvalue weighted by molar-refractivity contribution is -0.120. The van der Waals surface area contributed by atoms with Crippen molar-refractivity contribution in [3.8, 4) is 0 Å². The quantitative estimate of drug-likeness (QED) is 0.730. The van der Waals surface area contributed by atoms with E-state index in [0.29, 0.717) is 25.2 Å². The fourth-order valence-corrected chi connectivity index (χ4v) is 4.71. The SMILES string of the molecule is CCn1nnc2c(N3CC(C(=O)Nc4nc5c(s4)CCCC5)C3)ncnc21. The highest BCUT2D eigenvalue weighted by Gasteiger charge is 2.35. The second-order valence-electron chi connectivity index (χ2n) is 6.96. The second kappa shape index (κ2) is 6.52. The zero-order chi connectivity index (χ0) is 18.4. The van der Waals surface area contributed by atoms with Crippen LogP contribution in [0.1, 0.15) is 30.3 Å². The van der Waals surface area contributed by atoms with Crippen molar-refractivity contribution in [3.63, 3.8) is 0 Å². The van der Waals surface area contributed by atoms with Gasteiger partial charge in [0.05, 0.1) is 11.6 Å². The maximum absolute atomic E-state index is 12.6. The summed E-state index contributed by atoms with van der Waals surface area (Å²) >= 11 is 1.62.